The van der Waals surface area contributed by atoms with Gasteiger partial charge in [0.15, 0.2) is 0 Å². The van der Waals surface area contributed by atoms with Crippen molar-refractivity contribution in [1.29, 1.82) is 0 Å². The van der Waals surface area contributed by atoms with E-state index in [-0.39, 0.29) is 0 Å². The number of hydrogen-bond acceptors (Lipinski definition) is 3. The predicted molar refractivity (Wildman–Crippen MR) is 77.0 cm³/mol. The zero-order valence-corrected chi connectivity index (χ0v) is 11.7. The van der Waals surface area contributed by atoms with Gasteiger partial charge in [0.2, 0.25) is 0 Å². The molecule has 0 heterocycles. The SMILES string of the molecule is CSCCC(C)Nc1cc(Cl)c(Cl)cc1N. The first-order valence-corrected chi connectivity index (χ1v) is 7.19. The molecular formula is C11H16Cl2N2S. The van der Waals surface area contributed by atoms with E-state index in [9.17, 15) is 0 Å². The molecule has 0 aliphatic carbocycles. The Bertz CT molecular complexity index is 358. The van der Waals surface area contributed by atoms with Gasteiger partial charge in [0.25, 0.3) is 0 Å². The Kier molecular flexibility index (Phi) is 5.59. The van der Waals surface area contributed by atoms with E-state index in [0.29, 0.717) is 21.8 Å². The van der Waals surface area contributed by atoms with E-state index in [4.69, 9.17) is 28.9 Å². The van der Waals surface area contributed by atoms with Crippen LogP contribution in [-0.2, 0) is 0 Å². The van der Waals surface area contributed by atoms with Gasteiger partial charge in [-0.1, -0.05) is 23.2 Å². The molecule has 0 bridgehead atoms. The highest BCUT2D eigenvalue weighted by Gasteiger charge is 2.07. The van der Waals surface area contributed by atoms with Crippen molar-refractivity contribution in [2.45, 2.75) is 19.4 Å². The van der Waals surface area contributed by atoms with Crippen molar-refractivity contribution in [2.24, 2.45) is 0 Å². The number of halogens is 2. The number of thioether (sulfide) groups is 1. The van der Waals surface area contributed by atoms with E-state index in [0.717, 1.165) is 17.9 Å². The Labute approximate surface area is 111 Å². The van der Waals surface area contributed by atoms with E-state index in [1.807, 2.05) is 11.8 Å². The average Bonchev–Trinajstić information content (AvgIpc) is 2.23. The Balaban J connectivity index is 2.69. The molecule has 1 atom stereocenters. The van der Waals surface area contributed by atoms with Gasteiger partial charge in [0, 0.05) is 6.04 Å². The zero-order chi connectivity index (χ0) is 12.1. The van der Waals surface area contributed by atoms with E-state index < -0.39 is 0 Å². The topological polar surface area (TPSA) is 38.0 Å². The first-order chi connectivity index (χ1) is 7.54. The fraction of sp³-hybridized carbons (Fsp3) is 0.455. The summed E-state index contributed by atoms with van der Waals surface area (Å²) in [6.45, 7) is 2.12. The maximum atomic E-state index is 5.94. The molecule has 2 nitrogen and oxygen atoms in total. The summed E-state index contributed by atoms with van der Waals surface area (Å²) < 4.78 is 0. The number of nitrogens with one attached hydrogen (secondary N) is 1. The minimum atomic E-state index is 0.368. The van der Waals surface area contributed by atoms with Crippen LogP contribution in [0.2, 0.25) is 10.0 Å². The van der Waals surface area contributed by atoms with Crippen LogP contribution in [0.25, 0.3) is 0 Å². The molecule has 0 radical (unpaired) electrons. The summed E-state index contributed by atoms with van der Waals surface area (Å²) in [7, 11) is 0. The van der Waals surface area contributed by atoms with Crippen molar-refractivity contribution in [2.75, 3.05) is 23.1 Å². The summed E-state index contributed by atoms with van der Waals surface area (Å²) in [5, 5.41) is 4.34. The number of hydrogen-bond donors (Lipinski definition) is 2. The lowest BCUT2D eigenvalue weighted by molar-refractivity contribution is 0.772. The molecule has 1 rings (SSSR count). The third-order valence-electron chi connectivity index (χ3n) is 2.25. The van der Waals surface area contributed by atoms with Crippen molar-refractivity contribution >= 4 is 46.3 Å². The number of nitrogens with two attached hydrogens (primary N) is 1. The Morgan fingerprint density at radius 2 is 2.00 bits per heavy atom. The van der Waals surface area contributed by atoms with Crippen LogP contribution in [-0.4, -0.2) is 18.1 Å². The van der Waals surface area contributed by atoms with Crippen molar-refractivity contribution in [3.05, 3.63) is 22.2 Å². The molecule has 0 saturated heterocycles. The number of nitrogen functional groups attached to an aromatic ring is 1. The molecule has 0 aromatic heterocycles. The van der Waals surface area contributed by atoms with Gasteiger partial charge in [-0.2, -0.15) is 11.8 Å². The fourth-order valence-corrected chi connectivity index (χ4v) is 2.24. The van der Waals surface area contributed by atoms with Crippen molar-refractivity contribution in [3.8, 4) is 0 Å². The van der Waals surface area contributed by atoms with Gasteiger partial charge in [-0.3, -0.25) is 0 Å². The van der Waals surface area contributed by atoms with Crippen molar-refractivity contribution < 1.29 is 0 Å². The molecule has 1 aromatic rings. The standard InChI is InChI=1S/C11H16Cl2N2S/c1-7(3-4-16-2)15-11-6-9(13)8(12)5-10(11)14/h5-7,15H,3-4,14H2,1-2H3. The second-order valence-electron chi connectivity index (χ2n) is 3.68. The molecule has 90 valence electrons. The Morgan fingerprint density at radius 1 is 1.38 bits per heavy atom. The average molecular weight is 279 g/mol. The minimum Gasteiger partial charge on any atom is -0.397 e. The fourth-order valence-electron chi connectivity index (χ4n) is 1.32. The first kappa shape index (κ1) is 13.8. The highest BCUT2D eigenvalue weighted by atomic mass is 35.5. The van der Waals surface area contributed by atoms with E-state index in [1.54, 1.807) is 12.1 Å². The Morgan fingerprint density at radius 3 is 2.62 bits per heavy atom. The summed E-state index contributed by atoms with van der Waals surface area (Å²) in [6.07, 6.45) is 3.18. The lowest BCUT2D eigenvalue weighted by Gasteiger charge is -2.17. The van der Waals surface area contributed by atoms with Crippen LogP contribution in [0.5, 0.6) is 0 Å². The van der Waals surface area contributed by atoms with E-state index >= 15 is 0 Å². The van der Waals surface area contributed by atoms with Gasteiger partial charge in [-0.25, -0.2) is 0 Å². The van der Waals surface area contributed by atoms with Crippen LogP contribution in [0.1, 0.15) is 13.3 Å². The summed E-state index contributed by atoms with van der Waals surface area (Å²) in [4.78, 5) is 0. The summed E-state index contributed by atoms with van der Waals surface area (Å²) in [6, 6.07) is 3.81. The largest absolute Gasteiger partial charge is 0.397 e. The van der Waals surface area contributed by atoms with Crippen LogP contribution in [0.3, 0.4) is 0 Å². The van der Waals surface area contributed by atoms with Crippen LogP contribution >= 0.6 is 35.0 Å². The van der Waals surface area contributed by atoms with Gasteiger partial charge in [-0.05, 0) is 37.5 Å². The van der Waals surface area contributed by atoms with Crippen molar-refractivity contribution in [3.63, 3.8) is 0 Å². The van der Waals surface area contributed by atoms with Gasteiger partial charge in [0.05, 0.1) is 21.4 Å². The highest BCUT2D eigenvalue weighted by molar-refractivity contribution is 7.98. The van der Waals surface area contributed by atoms with Crippen LogP contribution in [0, 0.1) is 0 Å². The van der Waals surface area contributed by atoms with E-state index in [1.165, 1.54) is 0 Å². The summed E-state index contributed by atoms with van der Waals surface area (Å²) in [5.41, 5.74) is 7.34. The molecule has 3 N–H and O–H groups in total. The highest BCUT2D eigenvalue weighted by Crippen LogP contribution is 2.31. The number of anilines is 2. The third kappa shape index (κ3) is 3.96. The third-order valence-corrected chi connectivity index (χ3v) is 3.62. The summed E-state index contributed by atoms with van der Waals surface area (Å²) in [5.74, 6) is 1.12. The van der Waals surface area contributed by atoms with Crippen molar-refractivity contribution in [1.82, 2.24) is 0 Å². The van der Waals surface area contributed by atoms with Crippen LogP contribution in [0.15, 0.2) is 12.1 Å². The summed E-state index contributed by atoms with van der Waals surface area (Å²) >= 11 is 13.6. The molecule has 0 fully saturated rings. The molecule has 5 heteroatoms. The molecule has 0 aliphatic heterocycles. The maximum Gasteiger partial charge on any atom is 0.0614 e. The van der Waals surface area contributed by atoms with Crippen LogP contribution in [0.4, 0.5) is 11.4 Å². The second-order valence-corrected chi connectivity index (χ2v) is 5.48. The molecule has 0 aliphatic rings. The molecular weight excluding hydrogens is 263 g/mol. The van der Waals surface area contributed by atoms with E-state index in [2.05, 4.69) is 18.5 Å². The monoisotopic (exact) mass is 278 g/mol. The molecule has 0 spiro atoms. The van der Waals surface area contributed by atoms with Crippen LogP contribution < -0.4 is 11.1 Å². The number of rotatable bonds is 5. The minimum absolute atomic E-state index is 0.368. The smallest absolute Gasteiger partial charge is 0.0614 e. The first-order valence-electron chi connectivity index (χ1n) is 5.04. The Hall–Kier alpha value is -0.250. The normalized spacial score (nSPS) is 12.5. The molecule has 1 unspecified atom stereocenters. The lowest BCUT2D eigenvalue weighted by Crippen LogP contribution is -2.16. The molecule has 16 heavy (non-hydrogen) atoms. The maximum absolute atomic E-state index is 5.94. The van der Waals surface area contributed by atoms with Gasteiger partial charge >= 0.3 is 0 Å². The van der Waals surface area contributed by atoms with Gasteiger partial charge < -0.3 is 11.1 Å². The number of benzene rings is 1. The lowest BCUT2D eigenvalue weighted by atomic mass is 10.2. The quantitative estimate of drug-likeness (QED) is 0.796. The predicted octanol–water partition coefficient (Wildman–Crippen LogP) is 4.13. The van der Waals surface area contributed by atoms with Gasteiger partial charge in [0.1, 0.15) is 0 Å². The van der Waals surface area contributed by atoms with Gasteiger partial charge in [-0.15, -0.1) is 0 Å². The molecule has 0 amide bonds. The molecule has 0 saturated carbocycles. The zero-order valence-electron chi connectivity index (χ0n) is 9.39. The second kappa shape index (κ2) is 6.48. The molecule has 1 aromatic carbocycles.